The molecule has 2 aromatic heterocycles. The fourth-order valence-corrected chi connectivity index (χ4v) is 3.94. The number of halogens is 1. The summed E-state index contributed by atoms with van der Waals surface area (Å²) in [6.45, 7) is 6.25. The number of piperidine rings is 1. The van der Waals surface area contributed by atoms with Crippen molar-refractivity contribution in [2.45, 2.75) is 39.7 Å². The van der Waals surface area contributed by atoms with E-state index in [0.717, 1.165) is 36.6 Å². The molecule has 5 nitrogen and oxygen atoms in total. The van der Waals surface area contributed by atoms with Crippen molar-refractivity contribution >= 4 is 34.7 Å². The number of thiazole rings is 1. The maximum absolute atomic E-state index is 12.5. The molecule has 0 bridgehead atoms. The normalized spacial score (nSPS) is 14.7. The highest BCUT2D eigenvalue weighted by atomic mass is 35.5. The molecule has 0 aliphatic carbocycles. The van der Waals surface area contributed by atoms with E-state index in [1.807, 2.05) is 11.8 Å². The summed E-state index contributed by atoms with van der Waals surface area (Å²) in [6.07, 6.45) is 4.93. The van der Waals surface area contributed by atoms with Gasteiger partial charge in [0.15, 0.2) is 0 Å². The van der Waals surface area contributed by atoms with Crippen molar-refractivity contribution in [3.05, 3.63) is 38.4 Å². The van der Waals surface area contributed by atoms with Crippen LogP contribution in [0.2, 0.25) is 5.02 Å². The zero-order chi connectivity index (χ0) is 17.1. The number of hydrogen-bond acceptors (Lipinski definition) is 5. The Hall–Kier alpha value is -1.66. The minimum atomic E-state index is 0.0154. The molecule has 1 aliphatic heterocycles. The molecular formula is C17H21ClN4OS. The molecule has 0 radical (unpaired) electrons. The first kappa shape index (κ1) is 17.2. The SMILES string of the molecule is Cc1nc(CNc2ncc(C(=O)N3CCCCC3)cc2Cl)c(C)s1. The number of likely N-dealkylation sites (tertiary alicyclic amines) is 1. The van der Waals surface area contributed by atoms with Gasteiger partial charge in [-0.3, -0.25) is 4.79 Å². The smallest absolute Gasteiger partial charge is 0.255 e. The molecule has 24 heavy (non-hydrogen) atoms. The molecule has 0 unspecified atom stereocenters. The summed E-state index contributed by atoms with van der Waals surface area (Å²) in [5, 5.41) is 4.71. The molecule has 0 spiro atoms. The summed E-state index contributed by atoms with van der Waals surface area (Å²) >= 11 is 7.99. The monoisotopic (exact) mass is 364 g/mol. The van der Waals surface area contributed by atoms with Crippen molar-refractivity contribution in [2.24, 2.45) is 0 Å². The molecule has 1 amide bonds. The topological polar surface area (TPSA) is 58.1 Å². The fourth-order valence-electron chi connectivity index (χ4n) is 2.87. The van der Waals surface area contributed by atoms with Gasteiger partial charge in [-0.25, -0.2) is 9.97 Å². The van der Waals surface area contributed by atoms with Gasteiger partial charge in [-0.2, -0.15) is 0 Å². The number of aryl methyl sites for hydroxylation is 2. The number of aromatic nitrogens is 2. The van der Waals surface area contributed by atoms with Crippen LogP contribution in [-0.4, -0.2) is 33.9 Å². The van der Waals surface area contributed by atoms with Crippen LogP contribution in [0, 0.1) is 13.8 Å². The minimum Gasteiger partial charge on any atom is -0.363 e. The predicted molar refractivity (Wildman–Crippen MR) is 97.9 cm³/mol. The molecule has 128 valence electrons. The lowest BCUT2D eigenvalue weighted by Crippen LogP contribution is -2.35. The predicted octanol–water partition coefficient (Wildman–Crippen LogP) is 4.05. The van der Waals surface area contributed by atoms with Crippen LogP contribution in [0.15, 0.2) is 12.3 Å². The van der Waals surface area contributed by atoms with E-state index in [9.17, 15) is 4.79 Å². The minimum absolute atomic E-state index is 0.0154. The maximum atomic E-state index is 12.5. The summed E-state index contributed by atoms with van der Waals surface area (Å²) in [4.78, 5) is 24.4. The third kappa shape index (κ3) is 3.87. The van der Waals surface area contributed by atoms with Gasteiger partial charge in [0.1, 0.15) is 5.82 Å². The standard InChI is InChI=1S/C17H21ClN4OS/c1-11-15(21-12(2)24-11)10-20-16-14(18)8-13(9-19-16)17(23)22-6-4-3-5-7-22/h8-9H,3-7,10H2,1-2H3,(H,19,20). The summed E-state index contributed by atoms with van der Waals surface area (Å²) in [5.74, 6) is 0.596. The van der Waals surface area contributed by atoms with Crippen molar-refractivity contribution in [1.29, 1.82) is 0 Å². The maximum Gasteiger partial charge on any atom is 0.255 e. The van der Waals surface area contributed by atoms with E-state index >= 15 is 0 Å². The highest BCUT2D eigenvalue weighted by Crippen LogP contribution is 2.23. The highest BCUT2D eigenvalue weighted by molar-refractivity contribution is 7.11. The Bertz CT molecular complexity index is 740. The second-order valence-corrected chi connectivity index (χ2v) is 7.81. The lowest BCUT2D eigenvalue weighted by atomic mass is 10.1. The van der Waals surface area contributed by atoms with Gasteiger partial charge < -0.3 is 10.2 Å². The second kappa shape index (κ2) is 7.49. The van der Waals surface area contributed by atoms with Crippen molar-refractivity contribution < 1.29 is 4.79 Å². The molecule has 2 aromatic rings. The van der Waals surface area contributed by atoms with E-state index in [1.54, 1.807) is 23.6 Å². The molecule has 1 aliphatic rings. The Morgan fingerprint density at radius 2 is 2.08 bits per heavy atom. The number of carbonyl (C=O) groups is 1. The third-order valence-electron chi connectivity index (χ3n) is 4.15. The molecule has 1 N–H and O–H groups in total. The van der Waals surface area contributed by atoms with Gasteiger partial charge in [-0.15, -0.1) is 11.3 Å². The van der Waals surface area contributed by atoms with E-state index in [-0.39, 0.29) is 5.91 Å². The van der Waals surface area contributed by atoms with E-state index in [1.165, 1.54) is 11.3 Å². The van der Waals surface area contributed by atoms with Gasteiger partial charge in [-0.1, -0.05) is 11.6 Å². The molecule has 7 heteroatoms. The fraction of sp³-hybridized carbons (Fsp3) is 0.471. The molecule has 3 heterocycles. The van der Waals surface area contributed by atoms with Crippen LogP contribution in [-0.2, 0) is 6.54 Å². The first-order chi connectivity index (χ1) is 11.5. The van der Waals surface area contributed by atoms with Gasteiger partial charge in [-0.05, 0) is 39.2 Å². The van der Waals surface area contributed by atoms with Crippen LogP contribution in [0.5, 0.6) is 0 Å². The number of rotatable bonds is 4. The van der Waals surface area contributed by atoms with E-state index in [0.29, 0.717) is 22.9 Å². The van der Waals surface area contributed by atoms with Crippen LogP contribution >= 0.6 is 22.9 Å². The summed E-state index contributed by atoms with van der Waals surface area (Å²) in [6, 6.07) is 1.70. The van der Waals surface area contributed by atoms with Gasteiger partial charge >= 0.3 is 0 Å². The Morgan fingerprint density at radius 3 is 2.71 bits per heavy atom. The first-order valence-electron chi connectivity index (χ1n) is 8.16. The highest BCUT2D eigenvalue weighted by Gasteiger charge is 2.19. The van der Waals surface area contributed by atoms with Gasteiger partial charge in [0.25, 0.3) is 5.91 Å². The third-order valence-corrected chi connectivity index (χ3v) is 5.37. The molecule has 3 rings (SSSR count). The molecule has 1 fully saturated rings. The lowest BCUT2D eigenvalue weighted by Gasteiger charge is -2.26. The number of nitrogens with one attached hydrogen (secondary N) is 1. The zero-order valence-corrected chi connectivity index (χ0v) is 15.5. The Labute approximate surface area is 151 Å². The van der Waals surface area contributed by atoms with Gasteiger partial charge in [0, 0.05) is 24.2 Å². The molecule has 1 saturated heterocycles. The van der Waals surface area contributed by atoms with Crippen LogP contribution in [0.3, 0.4) is 0 Å². The number of nitrogens with zero attached hydrogens (tertiary/aromatic N) is 3. The van der Waals surface area contributed by atoms with Crippen molar-refractivity contribution in [1.82, 2.24) is 14.9 Å². The van der Waals surface area contributed by atoms with Crippen LogP contribution in [0.25, 0.3) is 0 Å². The average molecular weight is 365 g/mol. The number of anilines is 1. The van der Waals surface area contributed by atoms with Gasteiger partial charge in [0.2, 0.25) is 0 Å². The van der Waals surface area contributed by atoms with Crippen LogP contribution < -0.4 is 5.32 Å². The van der Waals surface area contributed by atoms with E-state index in [4.69, 9.17) is 11.6 Å². The van der Waals surface area contributed by atoms with Gasteiger partial charge in [0.05, 0.1) is 27.8 Å². The largest absolute Gasteiger partial charge is 0.363 e. The van der Waals surface area contributed by atoms with E-state index < -0.39 is 0 Å². The number of amides is 1. The molecule has 0 aromatic carbocycles. The number of hydrogen-bond donors (Lipinski definition) is 1. The molecular weight excluding hydrogens is 344 g/mol. The first-order valence-corrected chi connectivity index (χ1v) is 9.35. The Balaban J connectivity index is 1.68. The van der Waals surface area contributed by atoms with E-state index in [2.05, 4.69) is 22.2 Å². The summed E-state index contributed by atoms with van der Waals surface area (Å²) in [7, 11) is 0. The molecule has 0 atom stereocenters. The zero-order valence-electron chi connectivity index (χ0n) is 13.9. The average Bonchev–Trinajstić information content (AvgIpc) is 2.91. The van der Waals surface area contributed by atoms with Crippen LogP contribution in [0.1, 0.15) is 45.2 Å². The quantitative estimate of drug-likeness (QED) is 0.889. The molecule has 0 saturated carbocycles. The summed E-state index contributed by atoms with van der Waals surface area (Å²) in [5.41, 5.74) is 1.55. The Kier molecular flexibility index (Phi) is 5.36. The van der Waals surface area contributed by atoms with Crippen LogP contribution in [0.4, 0.5) is 5.82 Å². The lowest BCUT2D eigenvalue weighted by molar-refractivity contribution is 0.0724. The summed E-state index contributed by atoms with van der Waals surface area (Å²) < 4.78 is 0. The van der Waals surface area contributed by atoms with Crippen molar-refractivity contribution in [3.8, 4) is 0 Å². The number of carbonyl (C=O) groups excluding carboxylic acids is 1. The second-order valence-electron chi connectivity index (χ2n) is 6.00. The Morgan fingerprint density at radius 1 is 1.33 bits per heavy atom. The van der Waals surface area contributed by atoms with Crippen molar-refractivity contribution in [3.63, 3.8) is 0 Å². The van der Waals surface area contributed by atoms with Crippen molar-refractivity contribution in [2.75, 3.05) is 18.4 Å². The number of pyridine rings is 1.